The third-order valence-electron chi connectivity index (χ3n) is 5.27. The Kier molecular flexibility index (Phi) is 9.14. The highest BCUT2D eigenvalue weighted by molar-refractivity contribution is 14.0. The van der Waals surface area contributed by atoms with Crippen molar-refractivity contribution in [2.75, 3.05) is 38.0 Å². The molecule has 0 unspecified atom stereocenters. The molecule has 1 fully saturated rings. The Morgan fingerprint density at radius 1 is 0.941 bits per heavy atom. The summed E-state index contributed by atoms with van der Waals surface area (Å²) in [5.41, 5.74) is 1.65. The van der Waals surface area contributed by atoms with Crippen LogP contribution in [0.15, 0.2) is 74.9 Å². The second-order valence-electron chi connectivity index (χ2n) is 7.56. The minimum absolute atomic E-state index is 0. The zero-order valence-corrected chi connectivity index (χ0v) is 21.2. The Morgan fingerprint density at radius 2 is 1.62 bits per heavy atom. The number of furan rings is 2. The minimum atomic E-state index is -0.295. The highest BCUT2D eigenvalue weighted by atomic mass is 127. The monoisotopic (exact) mass is 577 g/mol. The Morgan fingerprint density at radius 3 is 2.26 bits per heavy atom. The predicted molar refractivity (Wildman–Crippen MR) is 140 cm³/mol. The Balaban J connectivity index is 0.00000324. The van der Waals surface area contributed by atoms with Crippen LogP contribution in [-0.2, 0) is 6.54 Å². The minimum Gasteiger partial charge on any atom is -0.459 e. The number of nitrogens with zero attached hydrogens (tertiary/aromatic N) is 3. The fourth-order valence-corrected chi connectivity index (χ4v) is 3.62. The number of aliphatic imine (C=N–C) groups is 1. The van der Waals surface area contributed by atoms with Crippen LogP contribution in [0, 0.1) is 0 Å². The number of guanidine groups is 1. The molecule has 180 valence electrons. The zero-order valence-electron chi connectivity index (χ0n) is 18.9. The lowest BCUT2D eigenvalue weighted by molar-refractivity contribution is 0.0657. The molecule has 0 saturated carbocycles. The lowest BCUT2D eigenvalue weighted by atomic mass is 10.2. The van der Waals surface area contributed by atoms with Gasteiger partial charge in [-0.1, -0.05) is 12.1 Å². The largest absolute Gasteiger partial charge is 0.459 e. The molecule has 1 aliphatic heterocycles. The fourth-order valence-electron chi connectivity index (χ4n) is 3.62. The van der Waals surface area contributed by atoms with Crippen LogP contribution in [0.3, 0.4) is 0 Å². The van der Waals surface area contributed by atoms with Crippen molar-refractivity contribution in [3.8, 4) is 0 Å². The van der Waals surface area contributed by atoms with E-state index in [0.29, 0.717) is 44.2 Å². The van der Waals surface area contributed by atoms with Gasteiger partial charge in [0.15, 0.2) is 17.5 Å². The summed E-state index contributed by atoms with van der Waals surface area (Å²) >= 11 is 0. The second-order valence-corrected chi connectivity index (χ2v) is 7.56. The van der Waals surface area contributed by atoms with Gasteiger partial charge in [0, 0.05) is 38.4 Å². The SMILES string of the molecule is CCNC(=NCc1cccc(NC(=O)c2ccco2)c1)N1CCN(C(=O)c2ccco2)CC1.I. The summed E-state index contributed by atoms with van der Waals surface area (Å²) in [5.74, 6) is 1.04. The second kappa shape index (κ2) is 12.3. The van der Waals surface area contributed by atoms with Gasteiger partial charge in [0.25, 0.3) is 11.8 Å². The maximum absolute atomic E-state index is 12.5. The molecule has 0 radical (unpaired) electrons. The van der Waals surface area contributed by atoms with Gasteiger partial charge in [0.05, 0.1) is 19.1 Å². The number of hydrogen-bond donors (Lipinski definition) is 2. The number of nitrogens with one attached hydrogen (secondary N) is 2. The molecule has 1 aromatic carbocycles. The Bertz CT molecular complexity index is 1090. The van der Waals surface area contributed by atoms with Crippen LogP contribution in [0.1, 0.15) is 33.6 Å². The summed E-state index contributed by atoms with van der Waals surface area (Å²) in [6, 6.07) is 14.3. The molecule has 9 nitrogen and oxygen atoms in total. The van der Waals surface area contributed by atoms with Crippen molar-refractivity contribution in [2.24, 2.45) is 4.99 Å². The van der Waals surface area contributed by atoms with Gasteiger partial charge in [-0.15, -0.1) is 24.0 Å². The van der Waals surface area contributed by atoms with Gasteiger partial charge < -0.3 is 29.3 Å². The molecule has 10 heteroatoms. The Hall–Kier alpha value is -3.28. The molecular weight excluding hydrogens is 549 g/mol. The first-order valence-electron chi connectivity index (χ1n) is 10.9. The highest BCUT2D eigenvalue weighted by Crippen LogP contribution is 2.14. The lowest BCUT2D eigenvalue weighted by Crippen LogP contribution is -2.53. The van der Waals surface area contributed by atoms with E-state index < -0.39 is 0 Å². The predicted octanol–water partition coefficient (Wildman–Crippen LogP) is 3.67. The standard InChI is InChI=1S/C24H27N5O4.HI/c1-2-25-24(29-12-10-28(11-13-29)23(31)21-9-5-15-33-21)26-17-18-6-3-7-19(16-18)27-22(30)20-8-4-14-32-20;/h3-9,14-16H,2,10-13,17H2,1H3,(H,25,26)(H,27,30);1H. The lowest BCUT2D eigenvalue weighted by Gasteiger charge is -2.36. The van der Waals surface area contributed by atoms with Gasteiger partial charge in [-0.3, -0.25) is 9.59 Å². The summed E-state index contributed by atoms with van der Waals surface area (Å²) in [5, 5.41) is 6.17. The normalized spacial score (nSPS) is 13.9. The molecule has 3 aromatic rings. The van der Waals surface area contributed by atoms with Gasteiger partial charge >= 0.3 is 0 Å². The number of amides is 2. The van der Waals surface area contributed by atoms with Crippen molar-refractivity contribution in [3.05, 3.63) is 78.1 Å². The van der Waals surface area contributed by atoms with Crippen LogP contribution in [0.25, 0.3) is 0 Å². The molecule has 1 aliphatic rings. The molecule has 0 atom stereocenters. The summed E-state index contributed by atoms with van der Waals surface area (Å²) in [6.45, 7) is 5.77. The van der Waals surface area contributed by atoms with E-state index in [4.69, 9.17) is 13.8 Å². The van der Waals surface area contributed by atoms with Crippen molar-refractivity contribution < 1.29 is 18.4 Å². The van der Waals surface area contributed by atoms with Gasteiger partial charge in [-0.2, -0.15) is 0 Å². The van der Waals surface area contributed by atoms with Crippen LogP contribution in [0.2, 0.25) is 0 Å². The smallest absolute Gasteiger partial charge is 0.291 e. The van der Waals surface area contributed by atoms with E-state index in [9.17, 15) is 9.59 Å². The van der Waals surface area contributed by atoms with Crippen molar-refractivity contribution in [1.82, 2.24) is 15.1 Å². The topological polar surface area (TPSA) is 103 Å². The molecule has 0 spiro atoms. The van der Waals surface area contributed by atoms with Gasteiger partial charge in [0.2, 0.25) is 0 Å². The highest BCUT2D eigenvalue weighted by Gasteiger charge is 2.25. The number of anilines is 1. The number of hydrogen-bond acceptors (Lipinski definition) is 5. The summed E-state index contributed by atoms with van der Waals surface area (Å²) < 4.78 is 10.4. The molecule has 2 N–H and O–H groups in total. The maximum Gasteiger partial charge on any atom is 0.291 e. The van der Waals surface area contributed by atoms with Crippen molar-refractivity contribution in [1.29, 1.82) is 0 Å². The number of carbonyl (C=O) groups is 2. The third kappa shape index (κ3) is 6.40. The average Bonchev–Trinajstić information content (AvgIpc) is 3.56. The van der Waals surface area contributed by atoms with E-state index in [-0.39, 0.29) is 41.6 Å². The first kappa shape index (κ1) is 25.3. The van der Waals surface area contributed by atoms with Gasteiger partial charge in [0.1, 0.15) is 0 Å². The molecule has 1 saturated heterocycles. The number of carbonyl (C=O) groups excluding carboxylic acids is 2. The Labute approximate surface area is 215 Å². The average molecular weight is 577 g/mol. The first-order chi connectivity index (χ1) is 16.1. The van der Waals surface area contributed by atoms with Crippen LogP contribution in [0.4, 0.5) is 5.69 Å². The van der Waals surface area contributed by atoms with Crippen LogP contribution >= 0.6 is 24.0 Å². The molecular formula is C24H28IN5O4. The zero-order chi connectivity index (χ0) is 23.0. The summed E-state index contributed by atoms with van der Waals surface area (Å²) in [6.07, 6.45) is 2.98. The molecule has 4 rings (SSSR count). The summed E-state index contributed by atoms with van der Waals surface area (Å²) in [4.78, 5) is 33.4. The quantitative estimate of drug-likeness (QED) is 0.264. The molecule has 2 aromatic heterocycles. The fraction of sp³-hybridized carbons (Fsp3) is 0.292. The van der Waals surface area contributed by atoms with Gasteiger partial charge in [-0.25, -0.2) is 4.99 Å². The number of piperazine rings is 1. The summed E-state index contributed by atoms with van der Waals surface area (Å²) in [7, 11) is 0. The molecule has 3 heterocycles. The molecule has 0 aliphatic carbocycles. The van der Waals surface area contributed by atoms with Crippen LogP contribution in [-0.4, -0.2) is 60.3 Å². The number of halogens is 1. The van der Waals surface area contributed by atoms with E-state index in [2.05, 4.69) is 15.5 Å². The van der Waals surface area contributed by atoms with E-state index in [1.807, 2.05) is 31.2 Å². The van der Waals surface area contributed by atoms with E-state index in [1.165, 1.54) is 12.5 Å². The first-order valence-corrected chi connectivity index (χ1v) is 10.9. The third-order valence-corrected chi connectivity index (χ3v) is 5.27. The number of rotatable bonds is 6. The van der Waals surface area contributed by atoms with Crippen LogP contribution < -0.4 is 10.6 Å². The van der Waals surface area contributed by atoms with E-state index in [1.54, 1.807) is 29.2 Å². The number of benzene rings is 1. The molecule has 2 amide bonds. The van der Waals surface area contributed by atoms with Crippen LogP contribution in [0.5, 0.6) is 0 Å². The van der Waals surface area contributed by atoms with Crippen molar-refractivity contribution >= 4 is 47.4 Å². The van der Waals surface area contributed by atoms with Crippen molar-refractivity contribution in [2.45, 2.75) is 13.5 Å². The van der Waals surface area contributed by atoms with E-state index >= 15 is 0 Å². The van der Waals surface area contributed by atoms with E-state index in [0.717, 1.165) is 18.1 Å². The van der Waals surface area contributed by atoms with Crippen molar-refractivity contribution in [3.63, 3.8) is 0 Å². The molecule has 0 bridgehead atoms. The van der Waals surface area contributed by atoms with Gasteiger partial charge in [-0.05, 0) is 48.9 Å². The maximum atomic E-state index is 12.5. The molecule has 34 heavy (non-hydrogen) atoms.